The third kappa shape index (κ3) is 2.12. The molecule has 6 heteroatoms. The zero-order valence-electron chi connectivity index (χ0n) is 10.6. The smallest absolute Gasteiger partial charge is 0.276 e. The molecule has 1 amide bonds. The summed E-state index contributed by atoms with van der Waals surface area (Å²) in [4.78, 5) is 16.3. The maximum atomic E-state index is 12.3. The Morgan fingerprint density at radius 1 is 1.35 bits per heavy atom. The van der Waals surface area contributed by atoms with Crippen molar-refractivity contribution in [3.8, 4) is 0 Å². The van der Waals surface area contributed by atoms with Gasteiger partial charge < -0.3 is 5.32 Å². The summed E-state index contributed by atoms with van der Waals surface area (Å²) < 4.78 is 0. The predicted molar refractivity (Wildman–Crippen MR) is 78.0 cm³/mol. The van der Waals surface area contributed by atoms with Gasteiger partial charge in [-0.3, -0.25) is 14.9 Å². The zero-order valence-corrected chi connectivity index (χ0v) is 11.4. The summed E-state index contributed by atoms with van der Waals surface area (Å²) in [5.41, 5.74) is 2.57. The SMILES string of the molecule is Cc1c(Cl)cccc1NC(=O)c1n[nH]c2ccncc12. The molecule has 0 saturated carbocycles. The molecule has 0 bridgehead atoms. The fourth-order valence-corrected chi connectivity index (χ4v) is 2.13. The van der Waals surface area contributed by atoms with E-state index >= 15 is 0 Å². The Morgan fingerprint density at radius 2 is 2.20 bits per heavy atom. The maximum absolute atomic E-state index is 12.3. The van der Waals surface area contributed by atoms with Crippen LogP contribution in [0.3, 0.4) is 0 Å². The quantitative estimate of drug-likeness (QED) is 0.760. The number of nitrogens with zero attached hydrogens (tertiary/aromatic N) is 2. The van der Waals surface area contributed by atoms with Crippen molar-refractivity contribution in [2.75, 3.05) is 5.32 Å². The summed E-state index contributed by atoms with van der Waals surface area (Å²) in [5, 5.41) is 10.9. The standard InChI is InChI=1S/C14H11ClN4O/c1-8-10(15)3-2-4-11(8)17-14(20)13-9-7-16-6-5-12(9)18-19-13/h2-7H,1H3,(H,17,20)(H,18,19). The van der Waals surface area contributed by atoms with Crippen LogP contribution in [-0.4, -0.2) is 21.1 Å². The van der Waals surface area contributed by atoms with Crippen molar-refractivity contribution < 1.29 is 4.79 Å². The van der Waals surface area contributed by atoms with Gasteiger partial charge in [0.2, 0.25) is 0 Å². The number of aromatic amines is 1. The molecule has 3 rings (SSSR count). The number of aromatic nitrogens is 3. The number of rotatable bonds is 2. The minimum atomic E-state index is -0.297. The maximum Gasteiger partial charge on any atom is 0.276 e. The Balaban J connectivity index is 1.95. The third-order valence-corrected chi connectivity index (χ3v) is 3.50. The average Bonchev–Trinajstić information content (AvgIpc) is 2.88. The van der Waals surface area contributed by atoms with Gasteiger partial charge in [0, 0.05) is 23.1 Å². The van der Waals surface area contributed by atoms with Gasteiger partial charge in [0.05, 0.1) is 10.9 Å². The lowest BCUT2D eigenvalue weighted by Gasteiger charge is -2.08. The van der Waals surface area contributed by atoms with Crippen LogP contribution >= 0.6 is 11.6 Å². The van der Waals surface area contributed by atoms with Crippen LogP contribution in [0, 0.1) is 6.92 Å². The van der Waals surface area contributed by atoms with E-state index in [4.69, 9.17) is 11.6 Å². The van der Waals surface area contributed by atoms with E-state index in [1.54, 1.807) is 36.7 Å². The van der Waals surface area contributed by atoms with E-state index in [2.05, 4.69) is 20.5 Å². The van der Waals surface area contributed by atoms with Crippen molar-refractivity contribution in [3.63, 3.8) is 0 Å². The topological polar surface area (TPSA) is 70.7 Å². The molecule has 0 spiro atoms. The second kappa shape index (κ2) is 4.94. The lowest BCUT2D eigenvalue weighted by atomic mass is 10.2. The van der Waals surface area contributed by atoms with Gasteiger partial charge in [-0.1, -0.05) is 17.7 Å². The minimum Gasteiger partial charge on any atom is -0.320 e. The Labute approximate surface area is 120 Å². The first kappa shape index (κ1) is 12.6. The molecule has 0 saturated heterocycles. The van der Waals surface area contributed by atoms with Crippen LogP contribution in [0.5, 0.6) is 0 Å². The molecule has 20 heavy (non-hydrogen) atoms. The molecule has 0 aliphatic rings. The van der Waals surface area contributed by atoms with Crippen LogP contribution in [0.4, 0.5) is 5.69 Å². The first-order valence-electron chi connectivity index (χ1n) is 6.01. The number of halogens is 1. The number of H-pyrrole nitrogens is 1. The summed E-state index contributed by atoms with van der Waals surface area (Å²) in [6, 6.07) is 7.13. The van der Waals surface area contributed by atoms with Crippen LogP contribution in [0.1, 0.15) is 16.1 Å². The molecule has 2 aromatic heterocycles. The lowest BCUT2D eigenvalue weighted by Crippen LogP contribution is -2.13. The van der Waals surface area contributed by atoms with Gasteiger partial charge in [-0.05, 0) is 30.7 Å². The number of hydrogen-bond donors (Lipinski definition) is 2. The van der Waals surface area contributed by atoms with Gasteiger partial charge >= 0.3 is 0 Å². The summed E-state index contributed by atoms with van der Waals surface area (Å²) in [6.45, 7) is 1.85. The number of hydrogen-bond acceptors (Lipinski definition) is 3. The highest BCUT2D eigenvalue weighted by molar-refractivity contribution is 6.31. The summed E-state index contributed by atoms with van der Waals surface area (Å²) in [7, 11) is 0. The van der Waals surface area contributed by atoms with Crippen molar-refractivity contribution >= 4 is 34.1 Å². The average molecular weight is 287 g/mol. The fourth-order valence-electron chi connectivity index (χ4n) is 1.95. The summed E-state index contributed by atoms with van der Waals surface area (Å²) >= 11 is 6.03. The van der Waals surface area contributed by atoms with Gasteiger partial charge in [-0.25, -0.2) is 0 Å². The van der Waals surface area contributed by atoms with E-state index < -0.39 is 0 Å². The Hall–Kier alpha value is -2.40. The molecule has 100 valence electrons. The number of nitrogens with one attached hydrogen (secondary N) is 2. The van der Waals surface area contributed by atoms with Gasteiger partial charge in [-0.2, -0.15) is 5.10 Å². The van der Waals surface area contributed by atoms with E-state index in [1.807, 2.05) is 6.92 Å². The monoisotopic (exact) mass is 286 g/mol. The van der Waals surface area contributed by atoms with E-state index in [0.29, 0.717) is 21.8 Å². The van der Waals surface area contributed by atoms with Gasteiger partial charge in [0.15, 0.2) is 5.69 Å². The van der Waals surface area contributed by atoms with Gasteiger partial charge in [0.1, 0.15) is 0 Å². The van der Waals surface area contributed by atoms with Crippen molar-refractivity contribution in [1.82, 2.24) is 15.2 Å². The Kier molecular flexibility index (Phi) is 3.12. The largest absolute Gasteiger partial charge is 0.320 e. The first-order chi connectivity index (χ1) is 9.66. The molecule has 2 N–H and O–H groups in total. The number of anilines is 1. The van der Waals surface area contributed by atoms with Crippen LogP contribution in [0.25, 0.3) is 10.9 Å². The van der Waals surface area contributed by atoms with E-state index in [9.17, 15) is 4.79 Å². The van der Waals surface area contributed by atoms with Crippen molar-refractivity contribution in [2.24, 2.45) is 0 Å². The molecule has 0 radical (unpaired) electrons. The molecule has 3 aromatic rings. The van der Waals surface area contributed by atoms with Crippen molar-refractivity contribution in [2.45, 2.75) is 6.92 Å². The number of pyridine rings is 1. The first-order valence-corrected chi connectivity index (χ1v) is 6.39. The highest BCUT2D eigenvalue weighted by atomic mass is 35.5. The van der Waals surface area contributed by atoms with Crippen LogP contribution in [0.15, 0.2) is 36.7 Å². The summed E-state index contributed by atoms with van der Waals surface area (Å²) in [6.07, 6.45) is 3.25. The second-order valence-electron chi connectivity index (χ2n) is 4.36. The molecule has 0 fully saturated rings. The number of amides is 1. The molecule has 0 aliphatic carbocycles. The number of benzene rings is 1. The Morgan fingerprint density at radius 3 is 3.05 bits per heavy atom. The van der Waals surface area contributed by atoms with Crippen molar-refractivity contribution in [1.29, 1.82) is 0 Å². The van der Waals surface area contributed by atoms with E-state index in [0.717, 1.165) is 11.1 Å². The molecular formula is C14H11ClN4O. The van der Waals surface area contributed by atoms with Crippen molar-refractivity contribution in [3.05, 3.63) is 52.9 Å². The summed E-state index contributed by atoms with van der Waals surface area (Å²) in [5.74, 6) is -0.297. The van der Waals surface area contributed by atoms with Crippen LogP contribution in [0.2, 0.25) is 5.02 Å². The molecule has 0 unspecified atom stereocenters. The Bertz CT molecular complexity index is 797. The lowest BCUT2D eigenvalue weighted by molar-refractivity contribution is 0.102. The molecule has 0 aliphatic heterocycles. The van der Waals surface area contributed by atoms with E-state index in [1.165, 1.54) is 0 Å². The minimum absolute atomic E-state index is 0.297. The second-order valence-corrected chi connectivity index (χ2v) is 4.77. The molecular weight excluding hydrogens is 276 g/mol. The van der Waals surface area contributed by atoms with Gasteiger partial charge in [0.25, 0.3) is 5.91 Å². The molecule has 5 nitrogen and oxygen atoms in total. The molecule has 0 atom stereocenters. The normalized spacial score (nSPS) is 10.7. The third-order valence-electron chi connectivity index (χ3n) is 3.10. The molecule has 1 aromatic carbocycles. The van der Waals surface area contributed by atoms with Crippen LogP contribution in [-0.2, 0) is 0 Å². The predicted octanol–water partition coefficient (Wildman–Crippen LogP) is 3.17. The number of fused-ring (bicyclic) bond motifs is 1. The fraction of sp³-hybridized carbons (Fsp3) is 0.0714. The zero-order chi connectivity index (χ0) is 14.1. The molecule has 2 heterocycles. The van der Waals surface area contributed by atoms with Gasteiger partial charge in [-0.15, -0.1) is 0 Å². The van der Waals surface area contributed by atoms with Crippen LogP contribution < -0.4 is 5.32 Å². The van der Waals surface area contributed by atoms with E-state index in [-0.39, 0.29) is 5.91 Å². The highest BCUT2D eigenvalue weighted by Gasteiger charge is 2.15. The number of carbonyl (C=O) groups excluding carboxylic acids is 1. The number of carbonyl (C=O) groups is 1. The highest BCUT2D eigenvalue weighted by Crippen LogP contribution is 2.24.